The van der Waals surface area contributed by atoms with Crippen LogP contribution in [0.3, 0.4) is 0 Å². The molecule has 2 atom stereocenters. The summed E-state index contributed by atoms with van der Waals surface area (Å²) in [4.78, 5) is 17.4. The molecule has 0 fully saturated rings. The van der Waals surface area contributed by atoms with E-state index in [-0.39, 0.29) is 18.6 Å². The number of rotatable bonds is 8. The van der Waals surface area contributed by atoms with Crippen molar-refractivity contribution in [3.63, 3.8) is 0 Å². The van der Waals surface area contributed by atoms with Crippen LogP contribution in [-0.2, 0) is 6.54 Å². The number of carbonyl (C=O) groups is 1. The minimum Gasteiger partial charge on any atom is -0.491 e. The van der Waals surface area contributed by atoms with Crippen molar-refractivity contribution < 1.29 is 14.6 Å². The molecule has 1 amide bonds. The Hall–Kier alpha value is -3.64. The van der Waals surface area contributed by atoms with Gasteiger partial charge in [0, 0.05) is 5.56 Å². The molecule has 33 heavy (non-hydrogen) atoms. The highest BCUT2D eigenvalue weighted by molar-refractivity contribution is 5.94. The summed E-state index contributed by atoms with van der Waals surface area (Å²) in [5.74, 6) is 1.29. The fourth-order valence-electron chi connectivity index (χ4n) is 3.86. The lowest BCUT2D eigenvalue weighted by molar-refractivity contribution is 0.0904. The Morgan fingerprint density at radius 1 is 1.06 bits per heavy atom. The Morgan fingerprint density at radius 3 is 2.58 bits per heavy atom. The molecule has 0 spiro atoms. The molecule has 2 N–H and O–H groups in total. The van der Waals surface area contributed by atoms with E-state index in [4.69, 9.17) is 9.72 Å². The molecule has 1 heterocycles. The topological polar surface area (TPSA) is 76.4 Å². The third-order valence-electron chi connectivity index (χ3n) is 5.62. The number of nitrogens with zero attached hydrogens (tertiary/aromatic N) is 2. The van der Waals surface area contributed by atoms with Gasteiger partial charge in [-0.1, -0.05) is 42.5 Å². The van der Waals surface area contributed by atoms with E-state index in [1.807, 2.05) is 86.0 Å². The number of fused-ring (bicyclic) bond motifs is 1. The molecule has 0 aliphatic rings. The predicted molar refractivity (Wildman–Crippen MR) is 129 cm³/mol. The van der Waals surface area contributed by atoms with Crippen molar-refractivity contribution in [2.75, 3.05) is 6.61 Å². The van der Waals surface area contributed by atoms with Gasteiger partial charge in [-0.3, -0.25) is 4.79 Å². The van der Waals surface area contributed by atoms with Gasteiger partial charge in [0.1, 0.15) is 24.3 Å². The molecule has 170 valence electrons. The van der Waals surface area contributed by atoms with E-state index in [2.05, 4.69) is 5.32 Å². The number of aryl methyl sites for hydroxylation is 2. The number of aromatic nitrogens is 2. The van der Waals surface area contributed by atoms with Crippen molar-refractivity contribution in [2.45, 2.75) is 39.5 Å². The first-order valence-electron chi connectivity index (χ1n) is 11.1. The number of hydrogen-bond donors (Lipinski definition) is 2. The average Bonchev–Trinajstić information content (AvgIpc) is 3.18. The SMILES string of the molecule is Cc1ccc(C)c(OC[C@H](O)Cn2c([C@H](C)NC(=O)c3ccccc3)nc3ccccc32)c1. The van der Waals surface area contributed by atoms with Crippen LogP contribution in [0.5, 0.6) is 5.75 Å². The summed E-state index contributed by atoms with van der Waals surface area (Å²) in [5, 5.41) is 13.8. The maximum absolute atomic E-state index is 12.7. The number of aliphatic hydroxyl groups excluding tert-OH is 1. The van der Waals surface area contributed by atoms with Crippen LogP contribution in [0.15, 0.2) is 72.8 Å². The van der Waals surface area contributed by atoms with Gasteiger partial charge in [0.05, 0.1) is 23.6 Å². The summed E-state index contributed by atoms with van der Waals surface area (Å²) in [7, 11) is 0. The van der Waals surface area contributed by atoms with Crippen molar-refractivity contribution in [3.05, 3.63) is 95.3 Å². The minimum atomic E-state index is -0.752. The summed E-state index contributed by atoms with van der Waals surface area (Å²) >= 11 is 0. The molecule has 1 aromatic heterocycles. The van der Waals surface area contributed by atoms with Crippen molar-refractivity contribution in [3.8, 4) is 5.75 Å². The third kappa shape index (κ3) is 5.23. The van der Waals surface area contributed by atoms with Crippen LogP contribution in [0.25, 0.3) is 11.0 Å². The lowest BCUT2D eigenvalue weighted by Crippen LogP contribution is -2.31. The first kappa shape index (κ1) is 22.6. The van der Waals surface area contributed by atoms with Crippen LogP contribution in [0.1, 0.15) is 40.3 Å². The summed E-state index contributed by atoms with van der Waals surface area (Å²) in [6, 6.07) is 22.5. The number of ether oxygens (including phenoxy) is 1. The number of nitrogens with one attached hydrogen (secondary N) is 1. The molecule has 0 aliphatic carbocycles. The zero-order chi connectivity index (χ0) is 23.4. The van der Waals surface area contributed by atoms with Crippen LogP contribution in [-0.4, -0.2) is 33.3 Å². The molecule has 0 saturated carbocycles. The van der Waals surface area contributed by atoms with Gasteiger partial charge in [-0.25, -0.2) is 4.98 Å². The third-order valence-corrected chi connectivity index (χ3v) is 5.62. The summed E-state index contributed by atoms with van der Waals surface area (Å²) in [6.45, 7) is 6.35. The first-order chi connectivity index (χ1) is 15.9. The van der Waals surface area contributed by atoms with Crippen molar-refractivity contribution >= 4 is 16.9 Å². The smallest absolute Gasteiger partial charge is 0.251 e. The second kappa shape index (κ2) is 9.88. The van der Waals surface area contributed by atoms with E-state index < -0.39 is 6.10 Å². The molecule has 6 nitrogen and oxygen atoms in total. The zero-order valence-electron chi connectivity index (χ0n) is 19.2. The Labute approximate surface area is 193 Å². The fourth-order valence-corrected chi connectivity index (χ4v) is 3.86. The number of imidazole rings is 1. The molecular weight excluding hydrogens is 414 g/mol. The van der Waals surface area contributed by atoms with E-state index in [1.165, 1.54) is 0 Å². The number of para-hydroxylation sites is 2. The lowest BCUT2D eigenvalue weighted by Gasteiger charge is -2.19. The first-order valence-corrected chi connectivity index (χ1v) is 11.1. The van der Waals surface area contributed by atoms with Crippen LogP contribution in [0.2, 0.25) is 0 Å². The Morgan fingerprint density at radius 2 is 1.79 bits per heavy atom. The second-order valence-electron chi connectivity index (χ2n) is 8.36. The molecule has 0 saturated heterocycles. The summed E-state index contributed by atoms with van der Waals surface area (Å²) < 4.78 is 7.87. The van der Waals surface area contributed by atoms with Crippen molar-refractivity contribution in [1.82, 2.24) is 14.9 Å². The molecule has 0 bridgehead atoms. The van der Waals surface area contributed by atoms with Crippen molar-refractivity contribution in [1.29, 1.82) is 0 Å². The summed E-state index contributed by atoms with van der Waals surface area (Å²) in [6.07, 6.45) is -0.752. The molecule has 0 radical (unpaired) electrons. The van der Waals surface area contributed by atoms with Crippen LogP contribution < -0.4 is 10.1 Å². The zero-order valence-corrected chi connectivity index (χ0v) is 19.2. The molecular formula is C27H29N3O3. The van der Waals surface area contributed by atoms with Crippen molar-refractivity contribution in [2.24, 2.45) is 0 Å². The van der Waals surface area contributed by atoms with E-state index >= 15 is 0 Å². The number of amides is 1. The summed E-state index contributed by atoms with van der Waals surface area (Å²) in [5.41, 5.74) is 4.44. The maximum atomic E-state index is 12.7. The van der Waals surface area contributed by atoms with E-state index in [1.54, 1.807) is 12.1 Å². The van der Waals surface area contributed by atoms with Crippen LogP contribution in [0.4, 0.5) is 0 Å². The molecule has 3 aromatic carbocycles. The Bertz CT molecular complexity index is 1250. The van der Waals surface area contributed by atoms with Gasteiger partial charge in [-0.05, 0) is 62.2 Å². The largest absolute Gasteiger partial charge is 0.491 e. The maximum Gasteiger partial charge on any atom is 0.251 e. The van der Waals surface area contributed by atoms with E-state index in [9.17, 15) is 9.90 Å². The fraction of sp³-hybridized carbons (Fsp3) is 0.259. The second-order valence-corrected chi connectivity index (χ2v) is 8.36. The van der Waals surface area contributed by atoms with E-state index in [0.717, 1.165) is 27.9 Å². The highest BCUT2D eigenvalue weighted by Crippen LogP contribution is 2.23. The predicted octanol–water partition coefficient (Wildman–Crippen LogP) is 4.58. The minimum absolute atomic E-state index is 0.154. The van der Waals surface area contributed by atoms with Gasteiger partial charge in [-0.15, -0.1) is 0 Å². The van der Waals surface area contributed by atoms with Crippen LogP contribution in [0, 0.1) is 13.8 Å². The standard InChI is InChI=1S/C27H29N3O3/c1-18-13-14-19(2)25(15-18)33-17-22(31)16-30-24-12-8-7-11-23(24)29-26(30)20(3)28-27(32)21-9-5-4-6-10-21/h4-15,20,22,31H,16-17H2,1-3H3,(H,28,32)/t20-,22+/m0/s1. The molecule has 4 aromatic rings. The Balaban J connectivity index is 1.53. The number of hydrogen-bond acceptors (Lipinski definition) is 4. The van der Waals surface area contributed by atoms with Gasteiger partial charge < -0.3 is 19.7 Å². The number of carbonyl (C=O) groups excluding carboxylic acids is 1. The Kier molecular flexibility index (Phi) is 6.75. The highest BCUT2D eigenvalue weighted by Gasteiger charge is 2.21. The monoisotopic (exact) mass is 443 g/mol. The van der Waals surface area contributed by atoms with Gasteiger partial charge in [0.25, 0.3) is 5.91 Å². The normalized spacial score (nSPS) is 13.0. The lowest BCUT2D eigenvalue weighted by atomic mass is 10.1. The van der Waals surface area contributed by atoms with Crippen LogP contribution >= 0.6 is 0 Å². The molecule has 0 aliphatic heterocycles. The molecule has 0 unspecified atom stereocenters. The van der Waals surface area contributed by atoms with Gasteiger partial charge >= 0.3 is 0 Å². The average molecular weight is 444 g/mol. The number of aliphatic hydroxyl groups is 1. The van der Waals surface area contributed by atoms with Gasteiger partial charge in [0.15, 0.2) is 0 Å². The molecule has 6 heteroatoms. The van der Waals surface area contributed by atoms with Gasteiger partial charge in [-0.2, -0.15) is 0 Å². The van der Waals surface area contributed by atoms with E-state index in [0.29, 0.717) is 17.9 Å². The van der Waals surface area contributed by atoms with Gasteiger partial charge in [0.2, 0.25) is 0 Å². The molecule has 4 rings (SSSR count). The number of benzene rings is 3. The quantitative estimate of drug-likeness (QED) is 0.418. The highest BCUT2D eigenvalue weighted by atomic mass is 16.5.